The van der Waals surface area contributed by atoms with Gasteiger partial charge in [0.2, 0.25) is 0 Å². The summed E-state index contributed by atoms with van der Waals surface area (Å²) < 4.78 is 6.42. The highest BCUT2D eigenvalue weighted by Gasteiger charge is 2.11. The van der Waals surface area contributed by atoms with Crippen LogP contribution in [0.3, 0.4) is 0 Å². The molecule has 3 N–H and O–H groups in total. The number of methoxy groups -OCH3 is 1. The summed E-state index contributed by atoms with van der Waals surface area (Å²) in [6, 6.07) is -0.0710. The minimum Gasteiger partial charge on any atom is -0.389 e. The lowest BCUT2D eigenvalue weighted by molar-refractivity contribution is 0.0510. The number of aliphatic hydroxyl groups excluding tert-OH is 1. The fourth-order valence-corrected chi connectivity index (χ4v) is 1.49. The van der Waals surface area contributed by atoms with Crippen molar-refractivity contribution in [1.82, 2.24) is 15.0 Å². The van der Waals surface area contributed by atoms with Crippen LogP contribution in [0.4, 0.5) is 0 Å². The molecule has 0 saturated carbocycles. The van der Waals surface area contributed by atoms with Crippen LogP contribution >= 0.6 is 0 Å². The Morgan fingerprint density at radius 1 is 1.62 bits per heavy atom. The Bertz CT molecular complexity index is 303. The van der Waals surface area contributed by atoms with Crippen molar-refractivity contribution in [2.24, 2.45) is 5.73 Å². The normalized spacial score (nSPS) is 15.0. The smallest absolute Gasteiger partial charge is 0.0994 e. The zero-order valence-corrected chi connectivity index (χ0v) is 9.83. The number of hydrogen-bond donors (Lipinski definition) is 2. The molecule has 0 saturated heterocycles. The predicted octanol–water partition coefficient (Wildman–Crippen LogP) is 0.0853. The first-order valence-corrected chi connectivity index (χ1v) is 5.50. The van der Waals surface area contributed by atoms with Crippen LogP contribution in [0, 0.1) is 0 Å². The Balaban J connectivity index is 2.50. The van der Waals surface area contributed by atoms with Crippen LogP contribution in [-0.4, -0.2) is 39.9 Å². The van der Waals surface area contributed by atoms with Gasteiger partial charge in [-0.05, 0) is 6.42 Å². The van der Waals surface area contributed by atoms with Crippen LogP contribution in [0.2, 0.25) is 0 Å². The molecule has 1 rings (SSSR count). The van der Waals surface area contributed by atoms with Crippen LogP contribution in [0.15, 0.2) is 6.20 Å². The average molecular weight is 228 g/mol. The molecular weight excluding hydrogens is 208 g/mol. The van der Waals surface area contributed by atoms with Gasteiger partial charge in [-0.3, -0.25) is 0 Å². The van der Waals surface area contributed by atoms with Crippen molar-refractivity contribution in [1.29, 1.82) is 0 Å². The Hall–Kier alpha value is -0.980. The Morgan fingerprint density at radius 2 is 2.38 bits per heavy atom. The summed E-state index contributed by atoms with van der Waals surface area (Å²) in [6.45, 7) is 2.74. The van der Waals surface area contributed by atoms with Crippen molar-refractivity contribution in [2.75, 3.05) is 13.7 Å². The highest BCUT2D eigenvalue weighted by molar-refractivity contribution is 4.99. The molecule has 0 aliphatic heterocycles. The largest absolute Gasteiger partial charge is 0.389 e. The first kappa shape index (κ1) is 13.1. The molecule has 0 radical (unpaired) electrons. The summed E-state index contributed by atoms with van der Waals surface area (Å²) in [5.74, 6) is 0. The number of aromatic nitrogens is 3. The van der Waals surface area contributed by atoms with Crippen LogP contribution in [-0.2, 0) is 11.3 Å². The van der Waals surface area contributed by atoms with E-state index in [2.05, 4.69) is 17.2 Å². The molecule has 0 amide bonds. The maximum Gasteiger partial charge on any atom is 0.0994 e. The van der Waals surface area contributed by atoms with Gasteiger partial charge in [0.25, 0.3) is 0 Å². The minimum absolute atomic E-state index is 0.0710. The third-order valence-electron chi connectivity index (χ3n) is 2.29. The van der Waals surface area contributed by atoms with E-state index in [0.29, 0.717) is 6.54 Å². The Kier molecular flexibility index (Phi) is 5.37. The second-order valence-electron chi connectivity index (χ2n) is 3.87. The van der Waals surface area contributed by atoms with E-state index in [4.69, 9.17) is 10.5 Å². The van der Waals surface area contributed by atoms with E-state index in [0.717, 1.165) is 18.5 Å². The lowest BCUT2D eigenvalue weighted by Crippen LogP contribution is -2.21. The third-order valence-corrected chi connectivity index (χ3v) is 2.29. The number of aliphatic hydroxyl groups is 1. The van der Waals surface area contributed by atoms with Gasteiger partial charge in [0, 0.05) is 7.11 Å². The number of nitrogens with zero attached hydrogens (tertiary/aromatic N) is 3. The highest BCUT2D eigenvalue weighted by atomic mass is 16.5. The van der Waals surface area contributed by atoms with E-state index in [9.17, 15) is 5.11 Å². The van der Waals surface area contributed by atoms with Crippen LogP contribution in [0.1, 0.15) is 31.5 Å². The van der Waals surface area contributed by atoms with Gasteiger partial charge in [-0.25, -0.2) is 4.68 Å². The average Bonchev–Trinajstić information content (AvgIpc) is 2.67. The summed E-state index contributed by atoms with van der Waals surface area (Å²) in [6.07, 6.45) is 3.11. The van der Waals surface area contributed by atoms with Crippen LogP contribution in [0.5, 0.6) is 0 Å². The Labute approximate surface area is 95.4 Å². The van der Waals surface area contributed by atoms with E-state index in [-0.39, 0.29) is 12.6 Å². The molecular formula is C10H20N4O2. The van der Waals surface area contributed by atoms with Crippen molar-refractivity contribution in [3.8, 4) is 0 Å². The quantitative estimate of drug-likeness (QED) is 0.690. The standard InChI is InChI=1S/C10H20N4O2/c1-3-4-9(11)10-6-14(13-12-10)5-8(15)7-16-2/h6,8-9,15H,3-5,7,11H2,1-2H3. The molecule has 0 fully saturated rings. The van der Waals surface area contributed by atoms with Crippen LogP contribution in [0.25, 0.3) is 0 Å². The van der Waals surface area contributed by atoms with E-state index >= 15 is 0 Å². The fraction of sp³-hybridized carbons (Fsp3) is 0.800. The number of ether oxygens (including phenoxy) is 1. The molecule has 0 aromatic carbocycles. The zero-order chi connectivity index (χ0) is 12.0. The van der Waals surface area contributed by atoms with Gasteiger partial charge >= 0.3 is 0 Å². The van der Waals surface area contributed by atoms with Gasteiger partial charge in [0.15, 0.2) is 0 Å². The minimum atomic E-state index is -0.568. The predicted molar refractivity (Wildman–Crippen MR) is 59.7 cm³/mol. The van der Waals surface area contributed by atoms with Crippen molar-refractivity contribution >= 4 is 0 Å². The van der Waals surface area contributed by atoms with Crippen molar-refractivity contribution in [3.63, 3.8) is 0 Å². The highest BCUT2D eigenvalue weighted by Crippen LogP contribution is 2.11. The van der Waals surface area contributed by atoms with Gasteiger partial charge in [0.05, 0.1) is 37.2 Å². The zero-order valence-electron chi connectivity index (χ0n) is 9.83. The molecule has 6 nitrogen and oxygen atoms in total. The van der Waals surface area contributed by atoms with Crippen molar-refractivity contribution < 1.29 is 9.84 Å². The molecule has 1 aromatic rings. The third kappa shape index (κ3) is 3.88. The molecule has 2 unspecified atom stereocenters. The molecule has 1 aromatic heterocycles. The molecule has 6 heteroatoms. The van der Waals surface area contributed by atoms with Crippen LogP contribution < -0.4 is 5.73 Å². The summed E-state index contributed by atoms with van der Waals surface area (Å²) in [5.41, 5.74) is 6.68. The molecule has 0 aliphatic carbocycles. The molecule has 16 heavy (non-hydrogen) atoms. The molecule has 1 heterocycles. The summed E-state index contributed by atoms with van der Waals surface area (Å²) in [7, 11) is 1.55. The van der Waals surface area contributed by atoms with E-state index in [1.54, 1.807) is 18.0 Å². The first-order chi connectivity index (χ1) is 7.67. The van der Waals surface area contributed by atoms with Gasteiger partial charge in [-0.15, -0.1) is 5.10 Å². The van der Waals surface area contributed by atoms with E-state index in [1.165, 1.54) is 0 Å². The summed E-state index contributed by atoms with van der Waals surface area (Å²) in [5, 5.41) is 17.4. The summed E-state index contributed by atoms with van der Waals surface area (Å²) in [4.78, 5) is 0. The number of nitrogens with two attached hydrogens (primary N) is 1. The monoisotopic (exact) mass is 228 g/mol. The summed E-state index contributed by atoms with van der Waals surface area (Å²) >= 11 is 0. The molecule has 0 spiro atoms. The first-order valence-electron chi connectivity index (χ1n) is 5.50. The van der Waals surface area contributed by atoms with Gasteiger partial charge in [-0.1, -0.05) is 18.6 Å². The number of hydrogen-bond acceptors (Lipinski definition) is 5. The molecule has 92 valence electrons. The van der Waals surface area contributed by atoms with Gasteiger partial charge in [-0.2, -0.15) is 0 Å². The van der Waals surface area contributed by atoms with E-state index < -0.39 is 6.10 Å². The maximum atomic E-state index is 9.51. The second kappa shape index (κ2) is 6.57. The van der Waals surface area contributed by atoms with Gasteiger partial charge < -0.3 is 15.6 Å². The van der Waals surface area contributed by atoms with Crippen molar-refractivity contribution in [3.05, 3.63) is 11.9 Å². The maximum absolute atomic E-state index is 9.51. The molecule has 0 bridgehead atoms. The SMILES string of the molecule is CCCC(N)c1cn(CC(O)COC)nn1. The second-order valence-corrected chi connectivity index (χ2v) is 3.87. The fourth-order valence-electron chi connectivity index (χ4n) is 1.49. The van der Waals surface area contributed by atoms with Crippen molar-refractivity contribution in [2.45, 2.75) is 38.5 Å². The number of rotatable bonds is 7. The lowest BCUT2D eigenvalue weighted by atomic mass is 10.1. The molecule has 0 aliphatic rings. The molecule has 2 atom stereocenters. The Morgan fingerprint density at radius 3 is 3.00 bits per heavy atom. The lowest BCUT2D eigenvalue weighted by Gasteiger charge is -2.08. The topological polar surface area (TPSA) is 86.2 Å². The van der Waals surface area contributed by atoms with Gasteiger partial charge in [0.1, 0.15) is 0 Å². The van der Waals surface area contributed by atoms with E-state index in [1.807, 2.05) is 0 Å².